The Morgan fingerprint density at radius 2 is 1.57 bits per heavy atom. The van der Waals surface area contributed by atoms with Gasteiger partial charge in [-0.2, -0.15) is 0 Å². The van der Waals surface area contributed by atoms with Gasteiger partial charge in [-0.15, -0.1) is 0 Å². The molecule has 2 aromatic heterocycles. The van der Waals surface area contributed by atoms with Gasteiger partial charge >= 0.3 is 0 Å². The Kier molecular flexibility index (Phi) is 6.40. The fraction of sp³-hybridized carbons (Fsp3) is 0.267. The molecule has 0 saturated carbocycles. The molecule has 37 heavy (non-hydrogen) atoms. The van der Waals surface area contributed by atoms with Gasteiger partial charge in [-0.1, -0.05) is 24.3 Å². The van der Waals surface area contributed by atoms with Crippen molar-refractivity contribution in [2.24, 2.45) is 0 Å². The van der Waals surface area contributed by atoms with Gasteiger partial charge in [-0.3, -0.25) is 4.98 Å². The van der Waals surface area contributed by atoms with Crippen LogP contribution in [0.4, 0.5) is 11.4 Å². The van der Waals surface area contributed by atoms with Crippen LogP contribution in [0.15, 0.2) is 85.1 Å². The van der Waals surface area contributed by atoms with E-state index in [1.54, 1.807) is 0 Å². The van der Waals surface area contributed by atoms with Crippen LogP contribution in [0.1, 0.15) is 34.7 Å². The molecule has 0 amide bonds. The molecule has 0 spiro atoms. The average Bonchev–Trinajstić information content (AvgIpc) is 3.45. The molecule has 2 atom stereocenters. The number of para-hydroxylation sites is 1. The number of nitrogens with one attached hydrogen (secondary N) is 1. The first-order valence-corrected chi connectivity index (χ1v) is 13.2. The van der Waals surface area contributed by atoms with Crippen molar-refractivity contribution in [3.63, 3.8) is 0 Å². The Morgan fingerprint density at radius 1 is 0.865 bits per heavy atom. The van der Waals surface area contributed by atoms with Crippen LogP contribution < -0.4 is 15.1 Å². The molecule has 2 unspecified atom stereocenters. The van der Waals surface area contributed by atoms with Crippen LogP contribution in [0, 0.1) is 13.8 Å². The number of aryl methyl sites for hydroxylation is 1. The lowest BCUT2D eigenvalue weighted by Gasteiger charge is -2.29. The summed E-state index contributed by atoms with van der Waals surface area (Å²) < 4.78 is 7.86. The van der Waals surface area contributed by atoms with E-state index >= 15 is 0 Å². The summed E-state index contributed by atoms with van der Waals surface area (Å²) >= 11 is 5.90. The smallest absolute Gasteiger partial charge is 0.174 e. The Labute approximate surface area is 223 Å². The van der Waals surface area contributed by atoms with Gasteiger partial charge in [0.05, 0.1) is 31.0 Å². The van der Waals surface area contributed by atoms with Gasteiger partial charge in [0.15, 0.2) is 5.11 Å². The topological polar surface area (TPSA) is 45.6 Å². The predicted molar refractivity (Wildman–Crippen MR) is 153 cm³/mol. The predicted octanol–water partition coefficient (Wildman–Crippen LogP) is 5.50. The van der Waals surface area contributed by atoms with Crippen LogP contribution in [-0.2, 0) is 4.74 Å². The van der Waals surface area contributed by atoms with Crippen molar-refractivity contribution in [1.29, 1.82) is 0 Å². The summed E-state index contributed by atoms with van der Waals surface area (Å²) in [6, 6.07) is 27.5. The number of nitrogens with zero attached hydrogens (tertiary/aromatic N) is 4. The van der Waals surface area contributed by atoms with Crippen molar-refractivity contribution in [2.75, 3.05) is 36.1 Å². The van der Waals surface area contributed by atoms with Gasteiger partial charge in [0.2, 0.25) is 0 Å². The normalized spacial score (nSPS) is 19.8. The van der Waals surface area contributed by atoms with Crippen molar-refractivity contribution in [3.8, 4) is 5.69 Å². The molecule has 2 aliphatic rings. The minimum atomic E-state index is -0.0634. The molecule has 0 bridgehead atoms. The number of aromatic nitrogens is 2. The standard InChI is InChI=1S/C30H31N5OS/c1-21-20-26(22(2)34(21)25-13-11-23(12-14-25)33-16-18-36-19-17-33)29-28(27-10-6-7-15-31-27)32-30(37)35(29)24-8-4-3-5-9-24/h3-15,20,28-29H,16-19H2,1-2H3,(H,32,37). The number of pyridine rings is 1. The monoisotopic (exact) mass is 509 g/mol. The van der Waals surface area contributed by atoms with Gasteiger partial charge in [0.25, 0.3) is 0 Å². The van der Waals surface area contributed by atoms with Gasteiger partial charge in [-0.05, 0) is 86.2 Å². The summed E-state index contributed by atoms with van der Waals surface area (Å²) in [5, 5.41) is 4.29. The van der Waals surface area contributed by atoms with Crippen molar-refractivity contribution in [1.82, 2.24) is 14.9 Å². The second kappa shape index (κ2) is 10.00. The van der Waals surface area contributed by atoms with Crippen LogP contribution in [0.3, 0.4) is 0 Å². The van der Waals surface area contributed by atoms with Gasteiger partial charge in [0, 0.05) is 47.7 Å². The molecule has 0 radical (unpaired) electrons. The second-order valence-electron chi connectivity index (χ2n) is 9.61. The van der Waals surface area contributed by atoms with Crippen molar-refractivity contribution in [3.05, 3.63) is 108 Å². The summed E-state index contributed by atoms with van der Waals surface area (Å²) in [5.74, 6) is 0. The van der Waals surface area contributed by atoms with E-state index in [2.05, 4.69) is 94.2 Å². The third kappa shape index (κ3) is 4.38. The van der Waals surface area contributed by atoms with Gasteiger partial charge in [-0.25, -0.2) is 0 Å². The van der Waals surface area contributed by atoms with E-state index in [9.17, 15) is 0 Å². The molecule has 2 aromatic carbocycles. The first kappa shape index (κ1) is 23.7. The largest absolute Gasteiger partial charge is 0.378 e. The van der Waals surface area contributed by atoms with Crippen LogP contribution in [0.5, 0.6) is 0 Å². The molecule has 2 fully saturated rings. The highest BCUT2D eigenvalue weighted by atomic mass is 32.1. The lowest BCUT2D eigenvalue weighted by molar-refractivity contribution is 0.122. The summed E-state index contributed by atoms with van der Waals surface area (Å²) in [7, 11) is 0. The van der Waals surface area contributed by atoms with Crippen LogP contribution in [-0.4, -0.2) is 41.0 Å². The van der Waals surface area contributed by atoms with E-state index in [1.165, 1.54) is 22.6 Å². The zero-order chi connectivity index (χ0) is 25.4. The second-order valence-corrected chi connectivity index (χ2v) is 10.00. The molecule has 6 nitrogen and oxygen atoms in total. The molecule has 7 heteroatoms. The number of hydrogen-bond acceptors (Lipinski definition) is 4. The third-order valence-electron chi connectivity index (χ3n) is 7.41. The van der Waals surface area contributed by atoms with Crippen LogP contribution in [0.2, 0.25) is 0 Å². The van der Waals surface area contributed by atoms with E-state index < -0.39 is 0 Å². The minimum Gasteiger partial charge on any atom is -0.378 e. The van der Waals surface area contributed by atoms with Gasteiger partial charge in [0.1, 0.15) is 0 Å². The summed E-state index contributed by atoms with van der Waals surface area (Å²) in [5.41, 5.74) is 8.09. The quantitative estimate of drug-likeness (QED) is 0.358. The first-order valence-electron chi connectivity index (χ1n) is 12.8. The SMILES string of the molecule is Cc1cc(C2C(c3ccccn3)NC(=S)N2c2ccccc2)c(C)n1-c1ccc(N2CCOCC2)cc1. The van der Waals surface area contributed by atoms with E-state index in [1.807, 2.05) is 24.4 Å². The molecular formula is C30H31N5OS. The molecule has 2 saturated heterocycles. The maximum Gasteiger partial charge on any atom is 0.174 e. The van der Waals surface area contributed by atoms with Crippen LogP contribution in [0.25, 0.3) is 5.69 Å². The van der Waals surface area contributed by atoms with E-state index in [-0.39, 0.29) is 12.1 Å². The zero-order valence-electron chi connectivity index (χ0n) is 21.2. The number of anilines is 2. The lowest BCUT2D eigenvalue weighted by Crippen LogP contribution is -2.36. The molecule has 2 aliphatic heterocycles. The number of thiocarbonyl (C=S) groups is 1. The van der Waals surface area contributed by atoms with Crippen molar-refractivity contribution >= 4 is 28.7 Å². The number of benzene rings is 2. The lowest BCUT2D eigenvalue weighted by atomic mass is 9.96. The van der Waals surface area contributed by atoms with E-state index in [4.69, 9.17) is 21.9 Å². The fourth-order valence-electron chi connectivity index (χ4n) is 5.66. The number of rotatable bonds is 5. The summed E-state index contributed by atoms with van der Waals surface area (Å²) in [6.45, 7) is 7.82. The summed E-state index contributed by atoms with van der Waals surface area (Å²) in [4.78, 5) is 9.32. The third-order valence-corrected chi connectivity index (χ3v) is 7.72. The molecule has 4 heterocycles. The Hall–Kier alpha value is -3.68. The average molecular weight is 510 g/mol. The number of ether oxygens (including phenoxy) is 1. The Bertz CT molecular complexity index is 1380. The Balaban J connectivity index is 1.41. The highest BCUT2D eigenvalue weighted by Crippen LogP contribution is 2.43. The number of morpholine rings is 1. The first-order chi connectivity index (χ1) is 18.1. The molecule has 188 valence electrons. The Morgan fingerprint density at radius 3 is 2.27 bits per heavy atom. The molecule has 0 aliphatic carbocycles. The van der Waals surface area contributed by atoms with Crippen LogP contribution >= 0.6 is 12.2 Å². The molecular weight excluding hydrogens is 478 g/mol. The zero-order valence-corrected chi connectivity index (χ0v) is 22.0. The highest BCUT2D eigenvalue weighted by molar-refractivity contribution is 7.80. The maximum absolute atomic E-state index is 5.90. The maximum atomic E-state index is 5.90. The summed E-state index contributed by atoms with van der Waals surface area (Å²) in [6.07, 6.45) is 1.85. The van der Waals surface area contributed by atoms with E-state index in [0.717, 1.165) is 43.4 Å². The molecule has 1 N–H and O–H groups in total. The van der Waals surface area contributed by atoms with Crippen molar-refractivity contribution < 1.29 is 4.74 Å². The van der Waals surface area contributed by atoms with Crippen molar-refractivity contribution in [2.45, 2.75) is 25.9 Å². The minimum absolute atomic E-state index is 0.0302. The fourth-order valence-corrected chi connectivity index (χ4v) is 6.00. The number of hydrogen-bond donors (Lipinski definition) is 1. The molecule has 4 aromatic rings. The molecule has 6 rings (SSSR count). The van der Waals surface area contributed by atoms with Gasteiger partial charge < -0.3 is 24.4 Å². The van der Waals surface area contributed by atoms with E-state index in [0.29, 0.717) is 5.11 Å². The highest BCUT2D eigenvalue weighted by Gasteiger charge is 2.42.